The third-order valence-corrected chi connectivity index (χ3v) is 6.38. The molecule has 0 atom stereocenters. The van der Waals surface area contributed by atoms with E-state index in [1.807, 2.05) is 0 Å². The number of sulfonamides is 1. The molecule has 1 saturated heterocycles. The zero-order valence-electron chi connectivity index (χ0n) is 14.6. The lowest BCUT2D eigenvalue weighted by atomic mass is 10.1. The Labute approximate surface area is 157 Å². The number of halogens is 2. The van der Waals surface area contributed by atoms with Gasteiger partial charge >= 0.3 is 0 Å². The lowest BCUT2D eigenvalue weighted by molar-refractivity contribution is -0.115. The van der Waals surface area contributed by atoms with E-state index in [-0.39, 0.29) is 11.3 Å². The van der Waals surface area contributed by atoms with Crippen LogP contribution in [0.5, 0.6) is 0 Å². The van der Waals surface area contributed by atoms with Gasteiger partial charge in [-0.3, -0.25) is 4.79 Å². The summed E-state index contributed by atoms with van der Waals surface area (Å²) in [5.74, 6) is -2.30. The lowest BCUT2D eigenvalue weighted by Crippen LogP contribution is -2.35. The Morgan fingerprint density at radius 2 is 1.56 bits per heavy atom. The quantitative estimate of drug-likeness (QED) is 0.846. The van der Waals surface area contributed by atoms with E-state index in [1.54, 1.807) is 0 Å². The molecule has 1 heterocycles. The maximum Gasteiger partial charge on any atom is 0.243 e. The van der Waals surface area contributed by atoms with Crippen molar-refractivity contribution in [3.63, 3.8) is 0 Å². The number of piperidine rings is 1. The van der Waals surface area contributed by atoms with E-state index in [0.717, 1.165) is 31.4 Å². The van der Waals surface area contributed by atoms with Crippen molar-refractivity contribution in [2.45, 2.75) is 30.6 Å². The molecule has 0 spiro atoms. The highest BCUT2D eigenvalue weighted by Crippen LogP contribution is 2.22. The van der Waals surface area contributed by atoms with Gasteiger partial charge in [0.1, 0.15) is 17.3 Å². The van der Waals surface area contributed by atoms with Gasteiger partial charge in [-0.2, -0.15) is 4.31 Å². The van der Waals surface area contributed by atoms with Crippen molar-refractivity contribution < 1.29 is 22.0 Å². The Morgan fingerprint density at radius 1 is 0.963 bits per heavy atom. The topological polar surface area (TPSA) is 66.5 Å². The number of carbonyl (C=O) groups excluding carboxylic acids is 1. The molecule has 0 bridgehead atoms. The van der Waals surface area contributed by atoms with Gasteiger partial charge in [-0.1, -0.05) is 24.6 Å². The van der Waals surface area contributed by atoms with Gasteiger partial charge in [0.25, 0.3) is 0 Å². The molecule has 1 aliphatic rings. The van der Waals surface area contributed by atoms with Gasteiger partial charge in [0, 0.05) is 13.1 Å². The number of hydrogen-bond donors (Lipinski definition) is 1. The molecule has 0 aliphatic carbocycles. The fraction of sp³-hybridized carbons (Fsp3) is 0.316. The Morgan fingerprint density at radius 3 is 2.15 bits per heavy atom. The summed E-state index contributed by atoms with van der Waals surface area (Å²) in [5.41, 5.74) is 0.0497. The summed E-state index contributed by atoms with van der Waals surface area (Å²) in [4.78, 5) is 12.2. The molecule has 2 aromatic rings. The second-order valence-electron chi connectivity index (χ2n) is 6.43. The SMILES string of the molecule is O=C(Cc1ccc(S(=O)(=O)N2CCCCC2)cc1)Nc1c(F)cccc1F. The molecule has 1 N–H and O–H groups in total. The third-order valence-electron chi connectivity index (χ3n) is 4.47. The normalized spacial score (nSPS) is 15.5. The lowest BCUT2D eigenvalue weighted by Gasteiger charge is -2.25. The van der Waals surface area contributed by atoms with Crippen LogP contribution in [0.4, 0.5) is 14.5 Å². The molecular weight excluding hydrogens is 374 g/mol. The summed E-state index contributed by atoms with van der Waals surface area (Å²) in [6.45, 7) is 1.03. The van der Waals surface area contributed by atoms with Crippen LogP contribution in [0.1, 0.15) is 24.8 Å². The second kappa shape index (κ2) is 8.14. The van der Waals surface area contributed by atoms with Gasteiger partial charge < -0.3 is 5.32 Å². The van der Waals surface area contributed by atoms with Crippen molar-refractivity contribution in [2.24, 2.45) is 0 Å². The zero-order valence-corrected chi connectivity index (χ0v) is 15.4. The number of anilines is 1. The standard InChI is InChI=1S/C19H20F2N2O3S/c20-16-5-4-6-17(21)19(16)22-18(24)13-14-7-9-15(10-8-14)27(25,26)23-11-2-1-3-12-23/h4-10H,1-3,11-13H2,(H,22,24). The van der Waals surface area contributed by atoms with Crippen LogP contribution in [0.3, 0.4) is 0 Å². The van der Waals surface area contributed by atoms with Crippen LogP contribution < -0.4 is 5.32 Å². The molecule has 2 aromatic carbocycles. The van der Waals surface area contributed by atoms with Gasteiger partial charge in [-0.15, -0.1) is 0 Å². The van der Waals surface area contributed by atoms with Crippen LogP contribution >= 0.6 is 0 Å². The van der Waals surface area contributed by atoms with Gasteiger partial charge in [0.15, 0.2) is 0 Å². The summed E-state index contributed by atoms with van der Waals surface area (Å²) < 4.78 is 53.8. The number of nitrogens with one attached hydrogen (secondary N) is 1. The predicted molar refractivity (Wildman–Crippen MR) is 97.7 cm³/mol. The van der Waals surface area contributed by atoms with Gasteiger partial charge in [-0.25, -0.2) is 17.2 Å². The zero-order chi connectivity index (χ0) is 19.4. The average molecular weight is 394 g/mol. The maximum absolute atomic E-state index is 13.6. The molecule has 0 saturated carbocycles. The third kappa shape index (κ3) is 4.51. The average Bonchev–Trinajstić information content (AvgIpc) is 2.66. The van der Waals surface area contributed by atoms with Crippen LogP contribution in [-0.2, 0) is 21.2 Å². The van der Waals surface area contributed by atoms with Crippen molar-refractivity contribution in [2.75, 3.05) is 18.4 Å². The summed E-state index contributed by atoms with van der Waals surface area (Å²) >= 11 is 0. The smallest absolute Gasteiger partial charge is 0.243 e. The van der Waals surface area contributed by atoms with E-state index in [1.165, 1.54) is 34.6 Å². The Hall–Kier alpha value is -2.32. The summed E-state index contributed by atoms with van der Waals surface area (Å²) in [6.07, 6.45) is 2.61. The number of rotatable bonds is 5. The summed E-state index contributed by atoms with van der Waals surface area (Å²) in [6, 6.07) is 9.30. The molecule has 8 heteroatoms. The summed E-state index contributed by atoms with van der Waals surface area (Å²) in [7, 11) is -3.53. The van der Waals surface area contributed by atoms with Crippen LogP contribution in [-0.4, -0.2) is 31.7 Å². The van der Waals surface area contributed by atoms with Crippen molar-refractivity contribution in [3.8, 4) is 0 Å². The number of carbonyl (C=O) groups is 1. The van der Waals surface area contributed by atoms with E-state index in [4.69, 9.17) is 0 Å². The molecule has 1 aliphatic heterocycles. The fourth-order valence-electron chi connectivity index (χ4n) is 3.02. The Bertz CT molecular complexity index is 904. The number of para-hydroxylation sites is 1. The minimum absolute atomic E-state index is 0.127. The van der Waals surface area contributed by atoms with E-state index in [0.29, 0.717) is 18.7 Å². The Balaban J connectivity index is 1.68. The second-order valence-corrected chi connectivity index (χ2v) is 8.37. The van der Waals surface area contributed by atoms with Crippen LogP contribution in [0, 0.1) is 11.6 Å². The number of benzene rings is 2. The molecule has 3 rings (SSSR count). The van der Waals surface area contributed by atoms with E-state index >= 15 is 0 Å². The summed E-state index contributed by atoms with van der Waals surface area (Å²) in [5, 5.41) is 2.21. The van der Waals surface area contributed by atoms with Gasteiger partial charge in [-0.05, 0) is 42.7 Å². The first kappa shape index (κ1) is 19.4. The van der Waals surface area contributed by atoms with Crippen LogP contribution in [0.2, 0.25) is 0 Å². The highest BCUT2D eigenvalue weighted by atomic mass is 32.2. The first-order valence-corrected chi connectivity index (χ1v) is 10.1. The number of amides is 1. The maximum atomic E-state index is 13.6. The van der Waals surface area contributed by atoms with E-state index in [9.17, 15) is 22.0 Å². The first-order chi connectivity index (χ1) is 12.9. The van der Waals surface area contributed by atoms with Crippen molar-refractivity contribution >= 4 is 21.6 Å². The molecule has 1 amide bonds. The van der Waals surface area contributed by atoms with Crippen LogP contribution in [0.15, 0.2) is 47.4 Å². The molecular formula is C19H20F2N2O3S. The molecule has 144 valence electrons. The molecule has 0 aromatic heterocycles. The molecule has 27 heavy (non-hydrogen) atoms. The van der Waals surface area contributed by atoms with Crippen LogP contribution in [0.25, 0.3) is 0 Å². The van der Waals surface area contributed by atoms with Crippen molar-refractivity contribution in [1.82, 2.24) is 4.31 Å². The highest BCUT2D eigenvalue weighted by molar-refractivity contribution is 7.89. The minimum Gasteiger partial charge on any atom is -0.321 e. The predicted octanol–water partition coefficient (Wildman–Crippen LogP) is 3.32. The fourth-order valence-corrected chi connectivity index (χ4v) is 4.54. The molecule has 1 fully saturated rings. The highest BCUT2D eigenvalue weighted by Gasteiger charge is 2.25. The van der Waals surface area contributed by atoms with E-state index < -0.39 is 33.3 Å². The Kier molecular flexibility index (Phi) is 5.86. The first-order valence-electron chi connectivity index (χ1n) is 8.71. The molecule has 0 unspecified atom stereocenters. The molecule has 0 radical (unpaired) electrons. The van der Waals surface area contributed by atoms with Crippen molar-refractivity contribution in [3.05, 3.63) is 59.7 Å². The van der Waals surface area contributed by atoms with Gasteiger partial charge in [0.05, 0.1) is 11.3 Å². The van der Waals surface area contributed by atoms with Crippen molar-refractivity contribution in [1.29, 1.82) is 0 Å². The number of nitrogens with zero attached hydrogens (tertiary/aromatic N) is 1. The number of hydrogen-bond acceptors (Lipinski definition) is 3. The van der Waals surface area contributed by atoms with E-state index in [2.05, 4.69) is 5.32 Å². The molecule has 5 nitrogen and oxygen atoms in total. The largest absolute Gasteiger partial charge is 0.321 e. The van der Waals surface area contributed by atoms with Gasteiger partial charge in [0.2, 0.25) is 15.9 Å². The minimum atomic E-state index is -3.53. The monoisotopic (exact) mass is 394 g/mol.